The number of hydrogen-bond donors (Lipinski definition) is 1. The molecule has 0 spiro atoms. The van der Waals surface area contributed by atoms with E-state index < -0.39 is 23.6 Å². The van der Waals surface area contributed by atoms with Crippen LogP contribution in [0.15, 0.2) is 48.2 Å². The molecule has 7 nitrogen and oxygen atoms in total. The Morgan fingerprint density at radius 3 is 2.51 bits per heavy atom. The zero-order valence-corrected chi connectivity index (χ0v) is 19.7. The molecular formula is C26H26F2N2O5. The number of aliphatic carboxylic acids is 1. The van der Waals surface area contributed by atoms with Gasteiger partial charge in [0.1, 0.15) is 11.6 Å². The number of carboxylic acids is 1. The Morgan fingerprint density at radius 1 is 1.11 bits per heavy atom. The monoisotopic (exact) mass is 484 g/mol. The molecule has 0 unspecified atom stereocenters. The zero-order chi connectivity index (χ0) is 25.5. The van der Waals surface area contributed by atoms with Crippen molar-refractivity contribution >= 4 is 18.0 Å². The summed E-state index contributed by atoms with van der Waals surface area (Å²) in [5.74, 6) is -2.80. The lowest BCUT2D eigenvalue weighted by atomic mass is 10.0. The lowest BCUT2D eigenvalue weighted by Gasteiger charge is -2.16. The number of benzene rings is 2. The summed E-state index contributed by atoms with van der Waals surface area (Å²) in [5, 5.41) is 9.82. The fraction of sp³-hybridized carbons (Fsp3) is 0.269. The maximum atomic E-state index is 13.7. The molecule has 1 aromatic heterocycles. The van der Waals surface area contributed by atoms with Crippen molar-refractivity contribution in [3.05, 3.63) is 82.4 Å². The molecule has 0 saturated heterocycles. The quantitative estimate of drug-likeness (QED) is 0.322. The van der Waals surface area contributed by atoms with E-state index in [4.69, 9.17) is 9.47 Å². The van der Waals surface area contributed by atoms with Gasteiger partial charge in [-0.25, -0.2) is 23.4 Å². The first-order valence-electron chi connectivity index (χ1n) is 11.0. The van der Waals surface area contributed by atoms with Crippen molar-refractivity contribution in [2.24, 2.45) is 0 Å². The van der Waals surface area contributed by atoms with Crippen LogP contribution in [0.2, 0.25) is 0 Å². The van der Waals surface area contributed by atoms with Crippen LogP contribution in [-0.2, 0) is 22.4 Å². The topological polar surface area (TPSA) is 90.6 Å². The number of nitrogens with zero attached hydrogens (tertiary/aromatic N) is 2. The van der Waals surface area contributed by atoms with Gasteiger partial charge in [0.2, 0.25) is 0 Å². The van der Waals surface area contributed by atoms with E-state index in [1.54, 1.807) is 16.7 Å². The molecule has 0 amide bonds. The molecule has 0 aliphatic heterocycles. The SMILES string of the molecule is CCCCc1ncc(C=C(Cc2ccc(F)c(F)c2)C(=O)O)n1-c1ccc(OC)cc1C(=O)OC. The highest BCUT2D eigenvalue weighted by molar-refractivity contribution is 5.95. The molecular weight excluding hydrogens is 458 g/mol. The van der Waals surface area contributed by atoms with E-state index in [0.29, 0.717) is 34.9 Å². The fourth-order valence-electron chi connectivity index (χ4n) is 3.64. The molecule has 0 saturated carbocycles. The molecule has 1 N–H and O–H groups in total. The smallest absolute Gasteiger partial charge is 0.340 e. The Balaban J connectivity index is 2.17. The number of carbonyl (C=O) groups is 2. The molecule has 0 atom stereocenters. The molecule has 0 bridgehead atoms. The number of hydrogen-bond acceptors (Lipinski definition) is 5. The van der Waals surface area contributed by atoms with Gasteiger partial charge in [-0.05, 0) is 48.4 Å². The molecule has 0 aliphatic carbocycles. The van der Waals surface area contributed by atoms with E-state index in [1.165, 1.54) is 38.6 Å². The third kappa shape index (κ3) is 5.92. The van der Waals surface area contributed by atoms with Crippen LogP contribution in [-0.4, -0.2) is 40.8 Å². The summed E-state index contributed by atoms with van der Waals surface area (Å²) in [4.78, 5) is 29.1. The van der Waals surface area contributed by atoms with E-state index in [0.717, 1.165) is 25.0 Å². The molecule has 3 aromatic rings. The molecule has 35 heavy (non-hydrogen) atoms. The van der Waals surface area contributed by atoms with Crippen LogP contribution in [0, 0.1) is 11.6 Å². The average Bonchev–Trinajstić information content (AvgIpc) is 3.25. The molecule has 3 rings (SSSR count). The highest BCUT2D eigenvalue weighted by Crippen LogP contribution is 2.27. The van der Waals surface area contributed by atoms with Crippen LogP contribution in [0.1, 0.15) is 47.2 Å². The summed E-state index contributed by atoms with van der Waals surface area (Å²) < 4.78 is 38.9. The second-order valence-electron chi connectivity index (χ2n) is 7.81. The number of rotatable bonds is 10. The maximum Gasteiger partial charge on any atom is 0.340 e. The van der Waals surface area contributed by atoms with Gasteiger partial charge in [-0.3, -0.25) is 4.57 Å². The number of imidazole rings is 1. The first kappa shape index (κ1) is 25.6. The second kappa shape index (κ2) is 11.4. The Labute approximate surface area is 201 Å². The first-order valence-corrected chi connectivity index (χ1v) is 11.0. The summed E-state index contributed by atoms with van der Waals surface area (Å²) in [6.45, 7) is 2.03. The summed E-state index contributed by atoms with van der Waals surface area (Å²) >= 11 is 0. The van der Waals surface area contributed by atoms with Crippen molar-refractivity contribution in [2.45, 2.75) is 32.6 Å². The van der Waals surface area contributed by atoms with Crippen molar-refractivity contribution in [1.82, 2.24) is 9.55 Å². The van der Waals surface area contributed by atoms with Crippen LogP contribution in [0.3, 0.4) is 0 Å². The van der Waals surface area contributed by atoms with Gasteiger partial charge in [0, 0.05) is 18.4 Å². The first-order chi connectivity index (χ1) is 16.8. The Hall–Kier alpha value is -4.01. The van der Waals surface area contributed by atoms with Gasteiger partial charge in [0.15, 0.2) is 11.6 Å². The van der Waals surface area contributed by atoms with Crippen molar-refractivity contribution in [3.8, 4) is 11.4 Å². The normalized spacial score (nSPS) is 11.4. The number of methoxy groups -OCH3 is 2. The lowest BCUT2D eigenvalue weighted by Crippen LogP contribution is -2.12. The number of aryl methyl sites for hydroxylation is 1. The van der Waals surface area contributed by atoms with E-state index in [-0.39, 0.29) is 17.6 Å². The van der Waals surface area contributed by atoms with Crippen LogP contribution in [0.4, 0.5) is 8.78 Å². The van der Waals surface area contributed by atoms with Crippen LogP contribution < -0.4 is 4.74 Å². The molecule has 184 valence electrons. The fourth-order valence-corrected chi connectivity index (χ4v) is 3.64. The van der Waals surface area contributed by atoms with Crippen LogP contribution in [0.5, 0.6) is 5.75 Å². The number of halogens is 2. The summed E-state index contributed by atoms with van der Waals surface area (Å²) in [7, 11) is 2.74. The van der Waals surface area contributed by atoms with Crippen LogP contribution in [0.25, 0.3) is 11.8 Å². The Kier molecular flexibility index (Phi) is 8.35. The molecule has 1 heterocycles. The van der Waals surface area contributed by atoms with Crippen LogP contribution >= 0.6 is 0 Å². The van der Waals surface area contributed by atoms with E-state index in [1.807, 2.05) is 6.92 Å². The van der Waals surface area contributed by atoms with Gasteiger partial charge in [0.25, 0.3) is 0 Å². The number of unbranched alkanes of at least 4 members (excludes halogenated alkanes) is 1. The highest BCUT2D eigenvalue weighted by atomic mass is 19.2. The second-order valence-corrected chi connectivity index (χ2v) is 7.81. The Morgan fingerprint density at radius 2 is 1.89 bits per heavy atom. The van der Waals surface area contributed by atoms with Crippen molar-refractivity contribution < 1.29 is 33.0 Å². The Bertz CT molecular complexity index is 1270. The molecule has 0 radical (unpaired) electrons. The summed E-state index contributed by atoms with van der Waals surface area (Å²) in [6, 6.07) is 8.15. The average molecular weight is 484 g/mol. The number of carboxylic acid groups (broad SMARTS) is 1. The van der Waals surface area contributed by atoms with E-state index in [2.05, 4.69) is 4.98 Å². The largest absolute Gasteiger partial charge is 0.497 e. The minimum atomic E-state index is -1.22. The van der Waals surface area contributed by atoms with E-state index in [9.17, 15) is 23.5 Å². The third-order valence-corrected chi connectivity index (χ3v) is 5.44. The number of carbonyl (C=O) groups excluding carboxylic acids is 1. The minimum Gasteiger partial charge on any atom is -0.497 e. The highest BCUT2D eigenvalue weighted by Gasteiger charge is 2.21. The van der Waals surface area contributed by atoms with Gasteiger partial charge in [-0.1, -0.05) is 19.4 Å². The third-order valence-electron chi connectivity index (χ3n) is 5.44. The van der Waals surface area contributed by atoms with Gasteiger partial charge in [-0.2, -0.15) is 0 Å². The number of esters is 1. The summed E-state index contributed by atoms with van der Waals surface area (Å²) in [5.41, 5.74) is 1.31. The minimum absolute atomic E-state index is 0.0627. The molecule has 0 fully saturated rings. The maximum absolute atomic E-state index is 13.7. The van der Waals surface area contributed by atoms with Crippen molar-refractivity contribution in [2.75, 3.05) is 14.2 Å². The molecule has 9 heteroatoms. The van der Waals surface area contributed by atoms with Gasteiger partial charge >= 0.3 is 11.9 Å². The zero-order valence-electron chi connectivity index (χ0n) is 19.7. The molecule has 2 aromatic carbocycles. The van der Waals surface area contributed by atoms with Gasteiger partial charge in [0.05, 0.1) is 37.4 Å². The number of ether oxygens (including phenoxy) is 2. The van der Waals surface area contributed by atoms with Crippen molar-refractivity contribution in [1.29, 1.82) is 0 Å². The van der Waals surface area contributed by atoms with E-state index >= 15 is 0 Å². The van der Waals surface area contributed by atoms with Gasteiger partial charge in [-0.15, -0.1) is 0 Å². The standard InChI is InChI=1S/C26H26F2N2O5/c1-4-5-6-24-29-15-18(13-17(25(31)32)11-16-7-9-21(27)22(28)12-16)30(24)23-10-8-19(34-2)14-20(23)26(33)35-3/h7-10,12-15H,4-6,11H2,1-3H3,(H,31,32). The lowest BCUT2D eigenvalue weighted by molar-refractivity contribution is -0.132. The van der Waals surface area contributed by atoms with Gasteiger partial charge < -0.3 is 14.6 Å². The predicted molar refractivity (Wildman–Crippen MR) is 126 cm³/mol. The summed E-state index contributed by atoms with van der Waals surface area (Å²) in [6.07, 6.45) is 5.10. The number of aromatic nitrogens is 2. The van der Waals surface area contributed by atoms with Crippen molar-refractivity contribution in [3.63, 3.8) is 0 Å². The molecule has 0 aliphatic rings. The predicted octanol–water partition coefficient (Wildman–Crippen LogP) is 5.00.